The van der Waals surface area contributed by atoms with E-state index in [4.69, 9.17) is 4.74 Å². The van der Waals surface area contributed by atoms with Crippen LogP contribution in [0.25, 0.3) is 10.9 Å². The molecule has 3 nitrogen and oxygen atoms in total. The van der Waals surface area contributed by atoms with Crippen LogP contribution < -0.4 is 10.1 Å². The molecule has 0 saturated carbocycles. The first-order chi connectivity index (χ1) is 9.26. The lowest BCUT2D eigenvalue weighted by molar-refractivity contribution is 0.419. The van der Waals surface area contributed by atoms with Crippen LogP contribution in [-0.2, 0) is 12.8 Å². The van der Waals surface area contributed by atoms with Gasteiger partial charge >= 0.3 is 0 Å². The van der Waals surface area contributed by atoms with E-state index in [2.05, 4.69) is 10.3 Å². The monoisotopic (exact) mass is 260 g/mol. The van der Waals surface area contributed by atoms with Crippen molar-refractivity contribution in [3.05, 3.63) is 29.2 Å². The maximum atomic E-state index is 14.0. The molecule has 0 aliphatic heterocycles. The molecule has 3 rings (SSSR count). The number of methoxy groups -OCH3 is 1. The number of rotatable bonds is 3. The lowest BCUT2D eigenvalue weighted by Crippen LogP contribution is -2.05. The molecule has 0 unspecified atom stereocenters. The summed E-state index contributed by atoms with van der Waals surface area (Å²) in [6.07, 6.45) is 3.02. The first-order valence-electron chi connectivity index (χ1n) is 6.68. The Hall–Kier alpha value is -1.84. The van der Waals surface area contributed by atoms with Crippen molar-refractivity contribution in [1.82, 2.24) is 4.98 Å². The van der Waals surface area contributed by atoms with Crippen LogP contribution in [-0.4, -0.2) is 18.6 Å². The third-order valence-corrected chi connectivity index (χ3v) is 3.65. The third kappa shape index (κ3) is 1.82. The van der Waals surface area contributed by atoms with E-state index < -0.39 is 0 Å². The standard InChI is InChI=1S/C15H17FN2O/c1-3-17-14-9-5-4-6-11(9)18-15-10(16)7-8-12(19-2)13(14)15/h7-8H,3-6H2,1-2H3,(H,17,18). The highest BCUT2D eigenvalue weighted by molar-refractivity contribution is 5.98. The normalized spacial score (nSPS) is 13.6. The van der Waals surface area contributed by atoms with Gasteiger partial charge < -0.3 is 10.1 Å². The molecule has 100 valence electrons. The molecule has 4 heteroatoms. The van der Waals surface area contributed by atoms with Crippen molar-refractivity contribution >= 4 is 16.6 Å². The average Bonchev–Trinajstić information content (AvgIpc) is 2.88. The zero-order chi connectivity index (χ0) is 13.4. The van der Waals surface area contributed by atoms with Crippen LogP contribution in [0.15, 0.2) is 12.1 Å². The number of aryl methyl sites for hydroxylation is 1. The van der Waals surface area contributed by atoms with Crippen LogP contribution in [0.1, 0.15) is 24.6 Å². The topological polar surface area (TPSA) is 34.2 Å². The quantitative estimate of drug-likeness (QED) is 0.919. The van der Waals surface area contributed by atoms with Gasteiger partial charge in [0, 0.05) is 12.2 Å². The van der Waals surface area contributed by atoms with Crippen molar-refractivity contribution in [2.75, 3.05) is 19.0 Å². The van der Waals surface area contributed by atoms with Crippen molar-refractivity contribution in [2.45, 2.75) is 26.2 Å². The Kier molecular flexibility index (Phi) is 3.01. The summed E-state index contributed by atoms with van der Waals surface area (Å²) in [6, 6.07) is 3.09. The molecule has 0 amide bonds. The van der Waals surface area contributed by atoms with Crippen molar-refractivity contribution in [1.29, 1.82) is 0 Å². The van der Waals surface area contributed by atoms with E-state index in [1.807, 2.05) is 6.92 Å². The molecular weight excluding hydrogens is 243 g/mol. The lowest BCUT2D eigenvalue weighted by atomic mass is 10.1. The Balaban J connectivity index is 2.40. The molecule has 0 atom stereocenters. The summed E-state index contributed by atoms with van der Waals surface area (Å²) >= 11 is 0. The van der Waals surface area contributed by atoms with E-state index >= 15 is 0 Å². The van der Waals surface area contributed by atoms with Crippen molar-refractivity contribution < 1.29 is 9.13 Å². The highest BCUT2D eigenvalue weighted by atomic mass is 19.1. The Morgan fingerprint density at radius 2 is 2.21 bits per heavy atom. The zero-order valence-corrected chi connectivity index (χ0v) is 11.2. The minimum atomic E-state index is -0.287. The molecule has 1 aromatic carbocycles. The first kappa shape index (κ1) is 12.2. The molecular formula is C15H17FN2O. The minimum absolute atomic E-state index is 0.287. The maximum Gasteiger partial charge on any atom is 0.149 e. The molecule has 19 heavy (non-hydrogen) atoms. The molecule has 0 spiro atoms. The lowest BCUT2D eigenvalue weighted by Gasteiger charge is -2.16. The Bertz CT molecular complexity index is 640. The van der Waals surface area contributed by atoms with Gasteiger partial charge in [-0.2, -0.15) is 0 Å². The van der Waals surface area contributed by atoms with Crippen molar-refractivity contribution in [3.8, 4) is 5.75 Å². The summed E-state index contributed by atoms with van der Waals surface area (Å²) in [5.74, 6) is 0.388. The molecule has 1 aromatic heterocycles. The van der Waals surface area contributed by atoms with E-state index in [0.29, 0.717) is 11.3 Å². The SMILES string of the molecule is CCNc1c2c(nc3c(F)ccc(OC)c13)CCC2. The van der Waals surface area contributed by atoms with Gasteiger partial charge in [0.25, 0.3) is 0 Å². The Morgan fingerprint density at radius 1 is 1.37 bits per heavy atom. The van der Waals surface area contributed by atoms with Gasteiger partial charge in [0.15, 0.2) is 0 Å². The summed E-state index contributed by atoms with van der Waals surface area (Å²) in [4.78, 5) is 4.51. The molecule has 1 heterocycles. The highest BCUT2D eigenvalue weighted by Gasteiger charge is 2.22. The fourth-order valence-corrected chi connectivity index (χ4v) is 2.85. The third-order valence-electron chi connectivity index (χ3n) is 3.65. The summed E-state index contributed by atoms with van der Waals surface area (Å²) in [5.41, 5.74) is 3.65. The average molecular weight is 260 g/mol. The van der Waals surface area contributed by atoms with Crippen molar-refractivity contribution in [3.63, 3.8) is 0 Å². The van der Waals surface area contributed by atoms with Gasteiger partial charge in [0.1, 0.15) is 17.1 Å². The second-order valence-electron chi connectivity index (χ2n) is 4.77. The van der Waals surface area contributed by atoms with Crippen LogP contribution in [0, 0.1) is 5.82 Å². The number of pyridine rings is 1. The van der Waals surface area contributed by atoms with Crippen LogP contribution in [0.2, 0.25) is 0 Å². The van der Waals surface area contributed by atoms with Crippen LogP contribution in [0.4, 0.5) is 10.1 Å². The second-order valence-corrected chi connectivity index (χ2v) is 4.77. The maximum absolute atomic E-state index is 14.0. The fraction of sp³-hybridized carbons (Fsp3) is 0.400. The van der Waals surface area contributed by atoms with Gasteiger partial charge in [-0.15, -0.1) is 0 Å². The molecule has 0 saturated heterocycles. The molecule has 1 N–H and O–H groups in total. The number of hydrogen-bond acceptors (Lipinski definition) is 3. The number of ether oxygens (including phenoxy) is 1. The number of nitrogens with zero attached hydrogens (tertiary/aromatic N) is 1. The summed E-state index contributed by atoms with van der Waals surface area (Å²) < 4.78 is 19.4. The van der Waals surface area contributed by atoms with Crippen LogP contribution >= 0.6 is 0 Å². The Labute approximate surface area is 111 Å². The largest absolute Gasteiger partial charge is 0.496 e. The number of hydrogen-bond donors (Lipinski definition) is 1. The van der Waals surface area contributed by atoms with Crippen LogP contribution in [0.3, 0.4) is 0 Å². The minimum Gasteiger partial charge on any atom is -0.496 e. The molecule has 1 aliphatic rings. The highest BCUT2D eigenvalue weighted by Crippen LogP contribution is 2.39. The number of halogens is 1. The smallest absolute Gasteiger partial charge is 0.149 e. The second kappa shape index (κ2) is 4.68. The molecule has 0 fully saturated rings. The first-order valence-corrected chi connectivity index (χ1v) is 6.68. The summed E-state index contributed by atoms with van der Waals surface area (Å²) in [5, 5.41) is 4.13. The van der Waals surface area contributed by atoms with Gasteiger partial charge in [-0.1, -0.05) is 0 Å². The van der Waals surface area contributed by atoms with Gasteiger partial charge in [0.2, 0.25) is 0 Å². The number of fused-ring (bicyclic) bond motifs is 2. The predicted octanol–water partition coefficient (Wildman–Crippen LogP) is 3.30. The van der Waals surface area contributed by atoms with E-state index in [-0.39, 0.29) is 5.82 Å². The van der Waals surface area contributed by atoms with E-state index in [1.54, 1.807) is 13.2 Å². The summed E-state index contributed by atoms with van der Waals surface area (Å²) in [6.45, 7) is 2.84. The van der Waals surface area contributed by atoms with E-state index in [0.717, 1.165) is 42.6 Å². The van der Waals surface area contributed by atoms with Gasteiger partial charge in [-0.3, -0.25) is 0 Å². The van der Waals surface area contributed by atoms with Gasteiger partial charge in [-0.25, -0.2) is 9.37 Å². The molecule has 2 aromatic rings. The van der Waals surface area contributed by atoms with Gasteiger partial charge in [-0.05, 0) is 43.9 Å². The summed E-state index contributed by atoms with van der Waals surface area (Å²) in [7, 11) is 1.61. The van der Waals surface area contributed by atoms with Crippen LogP contribution in [0.5, 0.6) is 5.75 Å². The predicted molar refractivity (Wildman–Crippen MR) is 74.4 cm³/mol. The van der Waals surface area contributed by atoms with E-state index in [9.17, 15) is 4.39 Å². The number of benzene rings is 1. The number of anilines is 1. The molecule has 0 radical (unpaired) electrons. The van der Waals surface area contributed by atoms with Gasteiger partial charge in [0.05, 0.1) is 18.2 Å². The Morgan fingerprint density at radius 3 is 2.95 bits per heavy atom. The number of aromatic nitrogens is 1. The van der Waals surface area contributed by atoms with E-state index in [1.165, 1.54) is 11.6 Å². The molecule has 1 aliphatic carbocycles. The number of nitrogens with one attached hydrogen (secondary N) is 1. The molecule has 0 bridgehead atoms. The zero-order valence-electron chi connectivity index (χ0n) is 11.2. The fourth-order valence-electron chi connectivity index (χ4n) is 2.85. The van der Waals surface area contributed by atoms with Crippen molar-refractivity contribution in [2.24, 2.45) is 0 Å².